The summed E-state index contributed by atoms with van der Waals surface area (Å²) in [4.78, 5) is 27.6. The molecule has 1 unspecified atom stereocenters. The van der Waals surface area contributed by atoms with Crippen molar-refractivity contribution in [3.8, 4) is 5.75 Å². The van der Waals surface area contributed by atoms with Crippen molar-refractivity contribution in [3.05, 3.63) is 98.3 Å². The molecule has 3 aromatic carbocycles. The molecule has 1 N–H and O–H groups in total. The standard InChI is InChI=1S/C26H20Cl2FNO4/c1-13-8-14(2)25(34-3)19(9-13)23(31)21-22(18-6-4-5-7-20(18)29)30(26(33)24(21)32)17-11-15(27)10-16(28)12-17/h4-12,22,31H,1-3H3/b23-21+. The van der Waals surface area contributed by atoms with Crippen molar-refractivity contribution in [1.82, 2.24) is 0 Å². The molecule has 0 radical (unpaired) electrons. The summed E-state index contributed by atoms with van der Waals surface area (Å²) in [6.07, 6.45) is 0. The monoisotopic (exact) mass is 499 g/mol. The normalized spacial score (nSPS) is 17.4. The van der Waals surface area contributed by atoms with Gasteiger partial charge in [0.15, 0.2) is 0 Å². The van der Waals surface area contributed by atoms with Crippen LogP contribution in [0.15, 0.2) is 60.2 Å². The molecule has 1 heterocycles. The average Bonchev–Trinajstić information content (AvgIpc) is 3.03. The Morgan fingerprint density at radius 1 is 1.03 bits per heavy atom. The molecule has 8 heteroatoms. The zero-order valence-corrected chi connectivity index (χ0v) is 20.0. The number of amides is 1. The van der Waals surface area contributed by atoms with E-state index in [2.05, 4.69) is 0 Å². The number of hydrogen-bond acceptors (Lipinski definition) is 4. The lowest BCUT2D eigenvalue weighted by Gasteiger charge is -2.26. The molecule has 0 spiro atoms. The van der Waals surface area contributed by atoms with Crippen LogP contribution in [0.4, 0.5) is 10.1 Å². The van der Waals surface area contributed by atoms with E-state index in [1.54, 1.807) is 19.1 Å². The van der Waals surface area contributed by atoms with E-state index in [0.717, 1.165) is 16.0 Å². The lowest BCUT2D eigenvalue weighted by Crippen LogP contribution is -2.29. The number of nitrogens with zero attached hydrogens (tertiary/aromatic N) is 1. The second-order valence-corrected chi connectivity index (χ2v) is 8.85. The van der Waals surface area contributed by atoms with Crippen molar-refractivity contribution in [2.45, 2.75) is 19.9 Å². The van der Waals surface area contributed by atoms with E-state index in [9.17, 15) is 14.7 Å². The number of rotatable bonds is 4. The van der Waals surface area contributed by atoms with Crippen molar-refractivity contribution in [1.29, 1.82) is 0 Å². The van der Waals surface area contributed by atoms with Crippen molar-refractivity contribution < 1.29 is 23.8 Å². The van der Waals surface area contributed by atoms with Gasteiger partial charge in [-0.1, -0.05) is 47.5 Å². The van der Waals surface area contributed by atoms with Crippen molar-refractivity contribution in [3.63, 3.8) is 0 Å². The van der Waals surface area contributed by atoms with Crippen LogP contribution >= 0.6 is 23.2 Å². The second kappa shape index (κ2) is 9.12. The predicted octanol–water partition coefficient (Wildman–Crippen LogP) is 6.38. The third-order valence-corrected chi connectivity index (χ3v) is 6.08. The number of hydrogen-bond donors (Lipinski definition) is 1. The van der Waals surface area contributed by atoms with Crippen molar-refractivity contribution in [2.24, 2.45) is 0 Å². The number of carbonyl (C=O) groups excluding carboxylic acids is 2. The van der Waals surface area contributed by atoms with E-state index in [0.29, 0.717) is 5.75 Å². The van der Waals surface area contributed by atoms with Gasteiger partial charge in [0.05, 0.1) is 24.3 Å². The highest BCUT2D eigenvalue weighted by atomic mass is 35.5. The summed E-state index contributed by atoms with van der Waals surface area (Å²) in [7, 11) is 1.44. The summed E-state index contributed by atoms with van der Waals surface area (Å²) in [5.41, 5.74) is 1.71. The maximum absolute atomic E-state index is 15.0. The highest BCUT2D eigenvalue weighted by molar-refractivity contribution is 6.52. The van der Waals surface area contributed by atoms with E-state index >= 15 is 4.39 Å². The molecule has 0 aliphatic carbocycles. The molecule has 1 aliphatic heterocycles. The van der Waals surface area contributed by atoms with Gasteiger partial charge in [-0.15, -0.1) is 0 Å². The SMILES string of the molecule is COc1c(C)cc(C)cc1/C(O)=C1\C(=O)C(=O)N(c2cc(Cl)cc(Cl)c2)C1c1ccccc1F. The number of benzene rings is 3. The van der Waals surface area contributed by atoms with E-state index in [1.807, 2.05) is 13.0 Å². The first kappa shape index (κ1) is 23.8. The number of aliphatic hydroxyl groups excluding tert-OH is 1. The number of halogens is 3. The minimum Gasteiger partial charge on any atom is -0.507 e. The fraction of sp³-hybridized carbons (Fsp3) is 0.154. The number of aryl methyl sites for hydroxylation is 2. The van der Waals surface area contributed by atoms with Gasteiger partial charge in [-0.3, -0.25) is 14.5 Å². The lowest BCUT2D eigenvalue weighted by molar-refractivity contribution is -0.132. The fourth-order valence-corrected chi connectivity index (χ4v) is 4.83. The topological polar surface area (TPSA) is 66.8 Å². The molecule has 1 atom stereocenters. The highest BCUT2D eigenvalue weighted by Gasteiger charge is 2.48. The zero-order chi connectivity index (χ0) is 24.7. The van der Waals surface area contributed by atoms with E-state index in [1.165, 1.54) is 43.5 Å². The van der Waals surface area contributed by atoms with Crippen LogP contribution in [0.1, 0.15) is 28.3 Å². The molecule has 0 saturated carbocycles. The Labute approximate surface area is 206 Å². The van der Waals surface area contributed by atoms with Gasteiger partial charge in [0.2, 0.25) is 0 Å². The van der Waals surface area contributed by atoms with Crippen molar-refractivity contribution in [2.75, 3.05) is 12.0 Å². The quantitative estimate of drug-likeness (QED) is 0.256. The van der Waals surface area contributed by atoms with Crippen LogP contribution in [0.3, 0.4) is 0 Å². The summed E-state index contributed by atoms with van der Waals surface area (Å²) in [5, 5.41) is 11.8. The van der Waals surface area contributed by atoms with E-state index in [-0.39, 0.29) is 32.4 Å². The van der Waals surface area contributed by atoms with Gasteiger partial charge in [0.1, 0.15) is 17.3 Å². The maximum Gasteiger partial charge on any atom is 0.300 e. The van der Waals surface area contributed by atoms with E-state index in [4.69, 9.17) is 27.9 Å². The molecule has 174 valence electrons. The molecule has 1 aliphatic rings. The smallest absolute Gasteiger partial charge is 0.300 e. The second-order valence-electron chi connectivity index (χ2n) is 7.98. The average molecular weight is 500 g/mol. The number of aliphatic hydroxyl groups is 1. The lowest BCUT2D eigenvalue weighted by atomic mass is 9.93. The Hall–Kier alpha value is -3.35. The fourth-order valence-electron chi connectivity index (χ4n) is 4.31. The molecular weight excluding hydrogens is 480 g/mol. The molecule has 0 bridgehead atoms. The molecule has 1 fully saturated rings. The Kier molecular flexibility index (Phi) is 6.39. The summed E-state index contributed by atoms with van der Waals surface area (Å²) < 4.78 is 20.5. The molecule has 0 aromatic heterocycles. The van der Waals surface area contributed by atoms with Gasteiger partial charge in [-0.05, 0) is 55.3 Å². The number of ether oxygens (including phenoxy) is 1. The van der Waals surface area contributed by atoms with Gasteiger partial charge < -0.3 is 9.84 Å². The maximum atomic E-state index is 15.0. The van der Waals surface area contributed by atoms with Crippen molar-refractivity contribution >= 4 is 46.3 Å². The Bertz CT molecular complexity index is 1350. The molecule has 5 nitrogen and oxygen atoms in total. The highest BCUT2D eigenvalue weighted by Crippen LogP contribution is 2.45. The molecule has 4 rings (SSSR count). The zero-order valence-electron chi connectivity index (χ0n) is 18.5. The van der Waals surface area contributed by atoms with E-state index < -0.39 is 29.3 Å². The summed E-state index contributed by atoms with van der Waals surface area (Å²) in [6, 6.07) is 12.4. The molecule has 3 aromatic rings. The first-order valence-electron chi connectivity index (χ1n) is 10.3. The Morgan fingerprint density at radius 3 is 2.29 bits per heavy atom. The number of anilines is 1. The van der Waals surface area contributed by atoms with Crippen LogP contribution in [0, 0.1) is 19.7 Å². The number of Topliss-reactive ketones (excluding diaryl/α,β-unsaturated/α-hetero) is 1. The largest absolute Gasteiger partial charge is 0.507 e. The van der Waals surface area contributed by atoms with Crippen LogP contribution in [0.25, 0.3) is 5.76 Å². The van der Waals surface area contributed by atoms with Gasteiger partial charge in [0.25, 0.3) is 11.7 Å². The van der Waals surface area contributed by atoms with Crippen LogP contribution < -0.4 is 9.64 Å². The predicted molar refractivity (Wildman–Crippen MR) is 130 cm³/mol. The third kappa shape index (κ3) is 4.04. The van der Waals surface area contributed by atoms with Crippen LogP contribution in [-0.2, 0) is 9.59 Å². The van der Waals surface area contributed by atoms with Gasteiger partial charge in [0, 0.05) is 21.3 Å². The summed E-state index contributed by atoms with van der Waals surface area (Å²) >= 11 is 12.3. The first-order valence-corrected chi connectivity index (χ1v) is 11.1. The Balaban J connectivity index is 2.05. The number of carbonyl (C=O) groups is 2. The third-order valence-electron chi connectivity index (χ3n) is 5.65. The minimum atomic E-state index is -1.26. The molecular formula is C26H20Cl2FNO4. The van der Waals surface area contributed by atoms with Crippen LogP contribution in [0.2, 0.25) is 10.0 Å². The van der Waals surface area contributed by atoms with Gasteiger partial charge in [-0.25, -0.2) is 4.39 Å². The Morgan fingerprint density at radius 2 is 1.68 bits per heavy atom. The van der Waals surface area contributed by atoms with Crippen LogP contribution in [0.5, 0.6) is 5.75 Å². The number of methoxy groups -OCH3 is 1. The molecule has 34 heavy (non-hydrogen) atoms. The first-order chi connectivity index (χ1) is 16.1. The molecule has 1 saturated heterocycles. The summed E-state index contributed by atoms with van der Waals surface area (Å²) in [5.74, 6) is -2.69. The summed E-state index contributed by atoms with van der Waals surface area (Å²) in [6.45, 7) is 3.62. The van der Waals surface area contributed by atoms with Gasteiger partial charge >= 0.3 is 0 Å². The van der Waals surface area contributed by atoms with Crippen LogP contribution in [-0.4, -0.2) is 23.9 Å². The number of ketones is 1. The molecule has 1 amide bonds. The van der Waals surface area contributed by atoms with Gasteiger partial charge in [-0.2, -0.15) is 0 Å². The minimum absolute atomic E-state index is 0.0303.